The highest BCUT2D eigenvalue weighted by atomic mass is 35.5. The first-order valence-electron chi connectivity index (χ1n) is 6.05. The molecule has 1 aromatic heterocycles. The third-order valence-corrected chi connectivity index (χ3v) is 3.04. The van der Waals surface area contributed by atoms with Crippen molar-refractivity contribution in [3.05, 3.63) is 41.3 Å². The SMILES string of the molecule is CCc1nc(Cl)cc(N(C)c2ccc(OC)cc2)n1. The van der Waals surface area contributed by atoms with E-state index < -0.39 is 0 Å². The Hall–Kier alpha value is -1.81. The van der Waals surface area contributed by atoms with Crippen LogP contribution >= 0.6 is 11.6 Å². The monoisotopic (exact) mass is 277 g/mol. The van der Waals surface area contributed by atoms with E-state index in [-0.39, 0.29) is 0 Å². The number of benzene rings is 1. The van der Waals surface area contributed by atoms with Gasteiger partial charge in [0.05, 0.1) is 7.11 Å². The van der Waals surface area contributed by atoms with Gasteiger partial charge in [0.1, 0.15) is 22.5 Å². The van der Waals surface area contributed by atoms with Crippen molar-refractivity contribution in [1.82, 2.24) is 9.97 Å². The van der Waals surface area contributed by atoms with E-state index >= 15 is 0 Å². The molecule has 0 amide bonds. The molecule has 0 N–H and O–H groups in total. The van der Waals surface area contributed by atoms with Crippen molar-refractivity contribution >= 4 is 23.1 Å². The van der Waals surface area contributed by atoms with Gasteiger partial charge in [0.15, 0.2) is 0 Å². The van der Waals surface area contributed by atoms with E-state index in [1.165, 1.54) is 0 Å². The molecule has 0 saturated carbocycles. The summed E-state index contributed by atoms with van der Waals surface area (Å²) >= 11 is 6.01. The second kappa shape index (κ2) is 5.89. The number of aromatic nitrogens is 2. The molecule has 100 valence electrons. The molecule has 19 heavy (non-hydrogen) atoms. The second-order valence-corrected chi connectivity index (χ2v) is 4.46. The molecule has 1 aromatic carbocycles. The van der Waals surface area contributed by atoms with Crippen molar-refractivity contribution in [2.24, 2.45) is 0 Å². The van der Waals surface area contributed by atoms with Crippen molar-refractivity contribution < 1.29 is 4.74 Å². The van der Waals surface area contributed by atoms with E-state index in [1.54, 1.807) is 13.2 Å². The summed E-state index contributed by atoms with van der Waals surface area (Å²) in [5.41, 5.74) is 1.01. The average molecular weight is 278 g/mol. The van der Waals surface area contributed by atoms with E-state index in [1.807, 2.05) is 43.1 Å². The Bertz CT molecular complexity index is 557. The maximum atomic E-state index is 6.01. The fraction of sp³-hybridized carbons (Fsp3) is 0.286. The van der Waals surface area contributed by atoms with Crippen LogP contribution in [-0.4, -0.2) is 24.1 Å². The molecular formula is C14H16ClN3O. The maximum Gasteiger partial charge on any atom is 0.137 e. The van der Waals surface area contributed by atoms with Crippen LogP contribution in [-0.2, 0) is 6.42 Å². The zero-order chi connectivity index (χ0) is 13.8. The molecule has 0 aliphatic carbocycles. The van der Waals surface area contributed by atoms with Crippen LogP contribution in [0.4, 0.5) is 11.5 Å². The van der Waals surface area contributed by atoms with Crippen LogP contribution in [0.15, 0.2) is 30.3 Å². The Kier molecular flexibility index (Phi) is 4.22. The zero-order valence-electron chi connectivity index (χ0n) is 11.2. The van der Waals surface area contributed by atoms with Crippen molar-refractivity contribution in [2.45, 2.75) is 13.3 Å². The molecule has 0 spiro atoms. The number of hydrogen-bond donors (Lipinski definition) is 0. The maximum absolute atomic E-state index is 6.01. The summed E-state index contributed by atoms with van der Waals surface area (Å²) in [6.45, 7) is 2.00. The number of hydrogen-bond acceptors (Lipinski definition) is 4. The predicted molar refractivity (Wildman–Crippen MR) is 77.5 cm³/mol. The van der Waals surface area contributed by atoms with E-state index in [0.29, 0.717) is 5.15 Å². The first kappa shape index (κ1) is 13.6. The van der Waals surface area contributed by atoms with Gasteiger partial charge in [-0.25, -0.2) is 9.97 Å². The van der Waals surface area contributed by atoms with E-state index in [0.717, 1.165) is 29.5 Å². The number of rotatable bonds is 4. The molecule has 0 aliphatic heterocycles. The molecule has 4 nitrogen and oxygen atoms in total. The lowest BCUT2D eigenvalue weighted by molar-refractivity contribution is 0.415. The van der Waals surface area contributed by atoms with Crippen LogP contribution in [0.25, 0.3) is 0 Å². The summed E-state index contributed by atoms with van der Waals surface area (Å²) in [4.78, 5) is 10.6. The Morgan fingerprint density at radius 1 is 1.21 bits per heavy atom. The molecule has 0 unspecified atom stereocenters. The van der Waals surface area contributed by atoms with Crippen molar-refractivity contribution in [2.75, 3.05) is 19.1 Å². The van der Waals surface area contributed by atoms with Crippen molar-refractivity contribution in [3.63, 3.8) is 0 Å². The van der Waals surface area contributed by atoms with Crippen LogP contribution in [0.2, 0.25) is 5.15 Å². The van der Waals surface area contributed by atoms with E-state index in [2.05, 4.69) is 9.97 Å². The molecule has 0 fully saturated rings. The average Bonchev–Trinajstić information content (AvgIpc) is 2.46. The van der Waals surface area contributed by atoms with E-state index in [9.17, 15) is 0 Å². The van der Waals surface area contributed by atoms with Gasteiger partial charge in [0.25, 0.3) is 0 Å². The molecule has 1 heterocycles. The topological polar surface area (TPSA) is 38.2 Å². The van der Waals surface area contributed by atoms with Gasteiger partial charge in [-0.05, 0) is 24.3 Å². The molecule has 0 saturated heterocycles. The van der Waals surface area contributed by atoms with Gasteiger partial charge in [0, 0.05) is 25.2 Å². The Morgan fingerprint density at radius 3 is 2.47 bits per heavy atom. The van der Waals surface area contributed by atoms with Gasteiger partial charge in [-0.15, -0.1) is 0 Å². The Morgan fingerprint density at radius 2 is 1.89 bits per heavy atom. The van der Waals surface area contributed by atoms with E-state index in [4.69, 9.17) is 16.3 Å². The predicted octanol–water partition coefficient (Wildman–Crippen LogP) is 3.47. The first-order valence-corrected chi connectivity index (χ1v) is 6.43. The Balaban J connectivity index is 2.31. The minimum absolute atomic E-state index is 0.460. The number of aryl methyl sites for hydroxylation is 1. The molecule has 0 atom stereocenters. The summed E-state index contributed by atoms with van der Waals surface area (Å²) in [7, 11) is 3.59. The summed E-state index contributed by atoms with van der Waals surface area (Å²) in [5, 5.41) is 0.460. The summed E-state index contributed by atoms with van der Waals surface area (Å²) in [6.07, 6.45) is 0.754. The Labute approximate surface area is 118 Å². The minimum atomic E-state index is 0.460. The highest BCUT2D eigenvalue weighted by Gasteiger charge is 2.08. The summed E-state index contributed by atoms with van der Waals surface area (Å²) in [5.74, 6) is 2.34. The summed E-state index contributed by atoms with van der Waals surface area (Å²) < 4.78 is 5.14. The molecule has 0 aliphatic rings. The standard InChI is InChI=1S/C14H16ClN3O/c1-4-13-16-12(15)9-14(17-13)18(2)10-5-7-11(19-3)8-6-10/h5-9H,4H2,1-3H3. The normalized spacial score (nSPS) is 10.3. The van der Waals surface area contributed by atoms with Gasteiger partial charge in [0.2, 0.25) is 0 Å². The number of ether oxygens (including phenoxy) is 1. The summed E-state index contributed by atoms with van der Waals surface area (Å²) in [6, 6.07) is 9.52. The molecule has 0 bridgehead atoms. The lowest BCUT2D eigenvalue weighted by atomic mass is 10.3. The third kappa shape index (κ3) is 3.15. The third-order valence-electron chi connectivity index (χ3n) is 2.85. The quantitative estimate of drug-likeness (QED) is 0.802. The fourth-order valence-electron chi connectivity index (χ4n) is 1.72. The molecule has 2 rings (SSSR count). The van der Waals surface area contributed by atoms with Gasteiger partial charge >= 0.3 is 0 Å². The number of nitrogens with zero attached hydrogens (tertiary/aromatic N) is 3. The van der Waals surface area contributed by atoms with Gasteiger partial charge in [-0.2, -0.15) is 0 Å². The van der Waals surface area contributed by atoms with Crippen LogP contribution in [0.5, 0.6) is 5.75 Å². The van der Waals surface area contributed by atoms with Gasteiger partial charge in [-0.1, -0.05) is 18.5 Å². The lowest BCUT2D eigenvalue weighted by Crippen LogP contribution is -2.12. The highest BCUT2D eigenvalue weighted by Crippen LogP contribution is 2.25. The fourth-order valence-corrected chi connectivity index (χ4v) is 1.91. The number of methoxy groups -OCH3 is 1. The molecule has 5 heteroatoms. The largest absolute Gasteiger partial charge is 0.497 e. The van der Waals surface area contributed by atoms with Crippen LogP contribution in [0.1, 0.15) is 12.7 Å². The number of anilines is 2. The van der Waals surface area contributed by atoms with Crippen molar-refractivity contribution in [3.8, 4) is 5.75 Å². The second-order valence-electron chi connectivity index (χ2n) is 4.08. The van der Waals surface area contributed by atoms with Crippen LogP contribution < -0.4 is 9.64 Å². The lowest BCUT2D eigenvalue weighted by Gasteiger charge is -2.19. The molecular weight excluding hydrogens is 262 g/mol. The van der Waals surface area contributed by atoms with Crippen LogP contribution in [0, 0.1) is 0 Å². The minimum Gasteiger partial charge on any atom is -0.497 e. The van der Waals surface area contributed by atoms with Gasteiger partial charge < -0.3 is 9.64 Å². The zero-order valence-corrected chi connectivity index (χ0v) is 12.0. The van der Waals surface area contributed by atoms with Gasteiger partial charge in [-0.3, -0.25) is 0 Å². The molecule has 0 radical (unpaired) electrons. The first-order chi connectivity index (χ1) is 9.13. The van der Waals surface area contributed by atoms with Crippen LogP contribution in [0.3, 0.4) is 0 Å². The number of halogens is 1. The smallest absolute Gasteiger partial charge is 0.137 e. The van der Waals surface area contributed by atoms with Crippen molar-refractivity contribution in [1.29, 1.82) is 0 Å². The molecule has 2 aromatic rings. The highest BCUT2D eigenvalue weighted by molar-refractivity contribution is 6.29.